The maximum absolute atomic E-state index is 13.1. The molecule has 0 unspecified atom stereocenters. The first-order chi connectivity index (χ1) is 13.0. The summed E-state index contributed by atoms with van der Waals surface area (Å²) in [6.45, 7) is 3.92. The molecule has 0 saturated heterocycles. The van der Waals surface area contributed by atoms with Gasteiger partial charge in [-0.25, -0.2) is 9.37 Å². The number of benzene rings is 2. The van der Waals surface area contributed by atoms with E-state index in [0.717, 1.165) is 38.3 Å². The fourth-order valence-electron chi connectivity index (χ4n) is 3.21. The van der Waals surface area contributed by atoms with Crippen molar-refractivity contribution in [3.63, 3.8) is 0 Å². The first-order valence-corrected chi connectivity index (χ1v) is 9.42. The number of amides is 1. The van der Waals surface area contributed by atoms with Crippen LogP contribution in [0.25, 0.3) is 22.2 Å². The number of halogens is 1. The van der Waals surface area contributed by atoms with Gasteiger partial charge in [-0.3, -0.25) is 4.79 Å². The van der Waals surface area contributed by atoms with Gasteiger partial charge in [0.1, 0.15) is 5.82 Å². The van der Waals surface area contributed by atoms with Crippen LogP contribution >= 0.6 is 11.3 Å². The number of carbonyl (C=O) groups is 1. The summed E-state index contributed by atoms with van der Waals surface area (Å²) in [5, 5.41) is 4.51. The molecule has 4 rings (SSSR count). The number of hydrogen-bond acceptors (Lipinski definition) is 3. The van der Waals surface area contributed by atoms with Crippen molar-refractivity contribution < 1.29 is 9.18 Å². The van der Waals surface area contributed by atoms with Gasteiger partial charge in [0.05, 0.1) is 12.1 Å². The Morgan fingerprint density at radius 2 is 1.89 bits per heavy atom. The number of anilines is 1. The van der Waals surface area contributed by atoms with Crippen molar-refractivity contribution in [1.29, 1.82) is 0 Å². The number of aromatic amines is 1. The molecule has 2 aromatic heterocycles. The molecule has 0 saturated carbocycles. The Bertz CT molecular complexity index is 1130. The van der Waals surface area contributed by atoms with Crippen molar-refractivity contribution in [2.75, 3.05) is 5.32 Å². The molecule has 2 heterocycles. The van der Waals surface area contributed by atoms with E-state index in [1.165, 1.54) is 23.5 Å². The zero-order valence-electron chi connectivity index (χ0n) is 15.0. The fourth-order valence-corrected chi connectivity index (χ4v) is 4.06. The Balaban J connectivity index is 1.54. The van der Waals surface area contributed by atoms with Crippen LogP contribution in [-0.2, 0) is 11.2 Å². The molecule has 27 heavy (non-hydrogen) atoms. The number of H-pyrrole nitrogens is 1. The molecule has 0 atom stereocenters. The summed E-state index contributed by atoms with van der Waals surface area (Å²) in [6, 6.07) is 14.2. The van der Waals surface area contributed by atoms with E-state index in [-0.39, 0.29) is 18.1 Å². The Labute approximate surface area is 160 Å². The lowest BCUT2D eigenvalue weighted by molar-refractivity contribution is -0.115. The van der Waals surface area contributed by atoms with Crippen LogP contribution in [0.2, 0.25) is 0 Å². The van der Waals surface area contributed by atoms with Gasteiger partial charge >= 0.3 is 0 Å². The summed E-state index contributed by atoms with van der Waals surface area (Å²) in [5.41, 5.74) is 4.61. The quantitative estimate of drug-likeness (QED) is 0.510. The SMILES string of the molecule is Cc1[nH]c2ccccc2c1CC(=O)Nc1nc(-c2ccc(F)cc2)c(C)s1. The topological polar surface area (TPSA) is 57.8 Å². The highest BCUT2D eigenvalue weighted by Gasteiger charge is 2.15. The van der Waals surface area contributed by atoms with E-state index in [4.69, 9.17) is 0 Å². The minimum atomic E-state index is -0.283. The predicted molar refractivity (Wildman–Crippen MR) is 108 cm³/mol. The molecular weight excluding hydrogens is 361 g/mol. The molecule has 0 aliphatic heterocycles. The molecule has 0 radical (unpaired) electrons. The summed E-state index contributed by atoms with van der Waals surface area (Å²) in [6.07, 6.45) is 0.278. The third-order valence-corrected chi connectivity index (χ3v) is 5.41. The number of fused-ring (bicyclic) bond motifs is 1. The van der Waals surface area contributed by atoms with Crippen molar-refractivity contribution in [2.24, 2.45) is 0 Å². The second-order valence-corrected chi connectivity index (χ2v) is 7.63. The molecule has 0 bridgehead atoms. The first kappa shape index (κ1) is 17.4. The average Bonchev–Trinajstić information content (AvgIpc) is 3.15. The summed E-state index contributed by atoms with van der Waals surface area (Å²) in [5.74, 6) is -0.392. The smallest absolute Gasteiger partial charge is 0.230 e. The van der Waals surface area contributed by atoms with Gasteiger partial charge in [0, 0.05) is 27.0 Å². The highest BCUT2D eigenvalue weighted by molar-refractivity contribution is 7.16. The number of thiazole rings is 1. The van der Waals surface area contributed by atoms with Gasteiger partial charge in [0.25, 0.3) is 0 Å². The summed E-state index contributed by atoms with van der Waals surface area (Å²) < 4.78 is 13.1. The molecule has 2 N–H and O–H groups in total. The van der Waals surface area contributed by atoms with Crippen molar-refractivity contribution in [3.05, 3.63) is 70.5 Å². The van der Waals surface area contributed by atoms with Gasteiger partial charge in [0.2, 0.25) is 5.91 Å². The molecule has 136 valence electrons. The van der Waals surface area contributed by atoms with Gasteiger partial charge in [-0.2, -0.15) is 0 Å². The molecule has 1 amide bonds. The standard InChI is InChI=1S/C21H18FN3OS/c1-12-17(16-5-3-4-6-18(16)23-12)11-19(26)24-21-25-20(13(2)27-21)14-7-9-15(22)10-8-14/h3-10,23H,11H2,1-2H3,(H,24,25,26). The third-order valence-electron chi connectivity index (χ3n) is 4.52. The Morgan fingerprint density at radius 1 is 1.15 bits per heavy atom. The zero-order valence-corrected chi connectivity index (χ0v) is 15.8. The fraction of sp³-hybridized carbons (Fsp3) is 0.143. The van der Waals surface area contributed by atoms with Crippen molar-refractivity contribution in [2.45, 2.75) is 20.3 Å². The number of hydrogen-bond donors (Lipinski definition) is 2. The molecule has 0 spiro atoms. The first-order valence-electron chi connectivity index (χ1n) is 8.60. The minimum absolute atomic E-state index is 0.109. The average molecular weight is 379 g/mol. The van der Waals surface area contributed by atoms with Crippen LogP contribution in [0.15, 0.2) is 48.5 Å². The highest BCUT2D eigenvalue weighted by atomic mass is 32.1. The number of rotatable bonds is 4. The second kappa shape index (κ2) is 6.96. The maximum atomic E-state index is 13.1. The van der Waals surface area contributed by atoms with Crippen molar-refractivity contribution in [3.8, 4) is 11.3 Å². The van der Waals surface area contributed by atoms with E-state index in [1.807, 2.05) is 38.1 Å². The lowest BCUT2D eigenvalue weighted by Crippen LogP contribution is -2.14. The van der Waals surface area contributed by atoms with E-state index < -0.39 is 0 Å². The summed E-state index contributed by atoms with van der Waals surface area (Å²) in [4.78, 5) is 21.4. The minimum Gasteiger partial charge on any atom is -0.358 e. The molecule has 6 heteroatoms. The Hall–Kier alpha value is -2.99. The van der Waals surface area contributed by atoms with Crippen LogP contribution in [0.5, 0.6) is 0 Å². The number of aromatic nitrogens is 2. The Morgan fingerprint density at radius 3 is 2.67 bits per heavy atom. The predicted octanol–water partition coefficient (Wildman–Crippen LogP) is 5.23. The lowest BCUT2D eigenvalue weighted by Gasteiger charge is -2.03. The maximum Gasteiger partial charge on any atom is 0.230 e. The van der Waals surface area contributed by atoms with E-state index >= 15 is 0 Å². The van der Waals surface area contributed by atoms with Crippen LogP contribution < -0.4 is 5.32 Å². The van der Waals surface area contributed by atoms with Gasteiger partial charge in [0.15, 0.2) is 5.13 Å². The van der Waals surface area contributed by atoms with Crippen LogP contribution in [-0.4, -0.2) is 15.9 Å². The van der Waals surface area contributed by atoms with E-state index in [1.54, 1.807) is 12.1 Å². The van der Waals surface area contributed by atoms with Gasteiger partial charge in [-0.05, 0) is 49.7 Å². The molecule has 2 aromatic carbocycles. The summed E-state index contributed by atoms with van der Waals surface area (Å²) >= 11 is 1.42. The van der Waals surface area contributed by atoms with E-state index in [2.05, 4.69) is 15.3 Å². The van der Waals surface area contributed by atoms with Crippen LogP contribution in [0.4, 0.5) is 9.52 Å². The van der Waals surface area contributed by atoms with Crippen molar-refractivity contribution >= 4 is 33.3 Å². The summed E-state index contributed by atoms with van der Waals surface area (Å²) in [7, 11) is 0. The van der Waals surface area contributed by atoms with E-state index in [0.29, 0.717) is 5.13 Å². The second-order valence-electron chi connectivity index (χ2n) is 6.43. The van der Waals surface area contributed by atoms with Crippen LogP contribution in [0.1, 0.15) is 16.1 Å². The number of nitrogens with one attached hydrogen (secondary N) is 2. The van der Waals surface area contributed by atoms with Gasteiger partial charge in [-0.15, -0.1) is 11.3 Å². The molecule has 4 aromatic rings. The number of carbonyl (C=O) groups excluding carboxylic acids is 1. The molecule has 0 aliphatic carbocycles. The van der Waals surface area contributed by atoms with Crippen molar-refractivity contribution in [1.82, 2.24) is 9.97 Å². The lowest BCUT2D eigenvalue weighted by atomic mass is 10.1. The van der Waals surface area contributed by atoms with Crippen LogP contribution in [0, 0.1) is 19.7 Å². The third kappa shape index (κ3) is 3.48. The number of para-hydroxylation sites is 1. The normalized spacial score (nSPS) is 11.1. The number of aryl methyl sites for hydroxylation is 2. The number of nitrogens with zero attached hydrogens (tertiary/aromatic N) is 1. The van der Waals surface area contributed by atoms with E-state index in [9.17, 15) is 9.18 Å². The highest BCUT2D eigenvalue weighted by Crippen LogP contribution is 2.31. The molecule has 0 fully saturated rings. The Kier molecular flexibility index (Phi) is 4.49. The molecule has 0 aliphatic rings. The largest absolute Gasteiger partial charge is 0.358 e. The monoisotopic (exact) mass is 379 g/mol. The zero-order chi connectivity index (χ0) is 19.0. The molecule has 4 nitrogen and oxygen atoms in total. The molecular formula is C21H18FN3OS. The van der Waals surface area contributed by atoms with Gasteiger partial charge < -0.3 is 10.3 Å². The van der Waals surface area contributed by atoms with Gasteiger partial charge in [-0.1, -0.05) is 18.2 Å². The van der Waals surface area contributed by atoms with Crippen LogP contribution in [0.3, 0.4) is 0 Å².